The van der Waals surface area contributed by atoms with Gasteiger partial charge in [0, 0.05) is 13.2 Å². The van der Waals surface area contributed by atoms with E-state index < -0.39 is 0 Å². The predicted octanol–water partition coefficient (Wildman–Crippen LogP) is 2.49. The third-order valence-electron chi connectivity index (χ3n) is 3.94. The molecular formula is C14H27NO2. The van der Waals surface area contributed by atoms with E-state index in [2.05, 4.69) is 12.2 Å². The Morgan fingerprint density at radius 2 is 2.12 bits per heavy atom. The van der Waals surface area contributed by atoms with E-state index in [4.69, 9.17) is 9.47 Å². The molecule has 0 aromatic rings. The molecular weight excluding hydrogens is 214 g/mol. The molecule has 2 aliphatic rings. The van der Waals surface area contributed by atoms with E-state index in [1.165, 1.54) is 38.5 Å². The largest absolute Gasteiger partial charge is 0.379 e. The summed E-state index contributed by atoms with van der Waals surface area (Å²) in [6.07, 6.45) is 9.08. The van der Waals surface area contributed by atoms with E-state index in [1.54, 1.807) is 0 Å². The number of ether oxygens (including phenoxy) is 2. The molecule has 0 bridgehead atoms. The lowest BCUT2D eigenvalue weighted by atomic mass is 9.84. The Labute approximate surface area is 105 Å². The second kappa shape index (κ2) is 6.72. The molecule has 3 nitrogen and oxygen atoms in total. The van der Waals surface area contributed by atoms with E-state index in [0.29, 0.717) is 6.10 Å². The van der Waals surface area contributed by atoms with Gasteiger partial charge in [-0.2, -0.15) is 0 Å². The molecule has 0 radical (unpaired) electrons. The van der Waals surface area contributed by atoms with Crippen LogP contribution in [0, 0.1) is 0 Å². The van der Waals surface area contributed by atoms with Crippen LogP contribution in [0.4, 0.5) is 0 Å². The normalized spacial score (nSPS) is 28.4. The average molecular weight is 241 g/mol. The molecule has 0 spiro atoms. The van der Waals surface area contributed by atoms with Crippen LogP contribution in [-0.2, 0) is 9.47 Å². The molecule has 1 unspecified atom stereocenters. The quantitative estimate of drug-likeness (QED) is 0.725. The summed E-state index contributed by atoms with van der Waals surface area (Å²) in [6, 6.07) is 0. The molecule has 1 aliphatic heterocycles. The molecule has 17 heavy (non-hydrogen) atoms. The van der Waals surface area contributed by atoms with Crippen LogP contribution in [0.5, 0.6) is 0 Å². The highest BCUT2D eigenvalue weighted by molar-refractivity contribution is 4.88. The van der Waals surface area contributed by atoms with E-state index in [0.717, 1.165) is 32.7 Å². The lowest BCUT2D eigenvalue weighted by molar-refractivity contribution is -0.111. The Hall–Kier alpha value is -0.120. The molecule has 1 N–H and O–H groups in total. The second-order valence-electron chi connectivity index (χ2n) is 5.52. The monoisotopic (exact) mass is 241 g/mol. The van der Waals surface area contributed by atoms with Gasteiger partial charge in [0.1, 0.15) is 0 Å². The van der Waals surface area contributed by atoms with Crippen molar-refractivity contribution >= 4 is 0 Å². The maximum Gasteiger partial charge on any atom is 0.0838 e. The van der Waals surface area contributed by atoms with Crippen molar-refractivity contribution in [3.63, 3.8) is 0 Å². The summed E-state index contributed by atoms with van der Waals surface area (Å²) in [4.78, 5) is 0. The van der Waals surface area contributed by atoms with E-state index in [9.17, 15) is 0 Å². The maximum absolute atomic E-state index is 6.40. The van der Waals surface area contributed by atoms with Crippen LogP contribution in [0.2, 0.25) is 0 Å². The van der Waals surface area contributed by atoms with Gasteiger partial charge in [-0.1, -0.05) is 26.2 Å². The first-order chi connectivity index (χ1) is 8.35. The average Bonchev–Trinajstić information content (AvgIpc) is 2.83. The SMILES string of the molecule is CCCNCC1(OC2CCOC2)CCCCC1. The third-order valence-corrected chi connectivity index (χ3v) is 3.94. The highest BCUT2D eigenvalue weighted by Gasteiger charge is 2.36. The molecule has 0 aromatic carbocycles. The van der Waals surface area contributed by atoms with Crippen molar-refractivity contribution in [2.45, 2.75) is 63.6 Å². The van der Waals surface area contributed by atoms with E-state index in [1.807, 2.05) is 0 Å². The zero-order valence-corrected chi connectivity index (χ0v) is 11.2. The van der Waals surface area contributed by atoms with Crippen LogP contribution in [0.1, 0.15) is 51.9 Å². The maximum atomic E-state index is 6.40. The third kappa shape index (κ3) is 3.94. The molecule has 1 heterocycles. The summed E-state index contributed by atoms with van der Waals surface area (Å²) in [5.74, 6) is 0. The van der Waals surface area contributed by atoms with Crippen molar-refractivity contribution in [3.8, 4) is 0 Å². The highest BCUT2D eigenvalue weighted by atomic mass is 16.6. The number of hydrogen-bond donors (Lipinski definition) is 1. The fourth-order valence-corrected chi connectivity index (χ4v) is 2.98. The van der Waals surface area contributed by atoms with Crippen LogP contribution < -0.4 is 5.32 Å². The van der Waals surface area contributed by atoms with Crippen molar-refractivity contribution in [1.29, 1.82) is 0 Å². The molecule has 1 saturated heterocycles. The van der Waals surface area contributed by atoms with Crippen LogP contribution in [0.15, 0.2) is 0 Å². The summed E-state index contributed by atoms with van der Waals surface area (Å²) in [5, 5.41) is 3.55. The molecule has 1 atom stereocenters. The van der Waals surface area contributed by atoms with Gasteiger partial charge in [0.25, 0.3) is 0 Å². The molecule has 1 saturated carbocycles. The van der Waals surface area contributed by atoms with Gasteiger partial charge in [0.2, 0.25) is 0 Å². The van der Waals surface area contributed by atoms with Gasteiger partial charge >= 0.3 is 0 Å². The van der Waals surface area contributed by atoms with Crippen molar-refractivity contribution in [2.24, 2.45) is 0 Å². The predicted molar refractivity (Wildman–Crippen MR) is 69.3 cm³/mol. The summed E-state index contributed by atoms with van der Waals surface area (Å²) in [6.45, 7) is 6.02. The Morgan fingerprint density at radius 1 is 1.29 bits per heavy atom. The molecule has 2 fully saturated rings. The van der Waals surface area contributed by atoms with Gasteiger partial charge in [-0.3, -0.25) is 0 Å². The lowest BCUT2D eigenvalue weighted by Gasteiger charge is -2.39. The Morgan fingerprint density at radius 3 is 2.76 bits per heavy atom. The smallest absolute Gasteiger partial charge is 0.0838 e. The number of nitrogens with one attached hydrogen (secondary N) is 1. The van der Waals surface area contributed by atoms with Crippen molar-refractivity contribution in [2.75, 3.05) is 26.3 Å². The van der Waals surface area contributed by atoms with Crippen molar-refractivity contribution < 1.29 is 9.47 Å². The van der Waals surface area contributed by atoms with Crippen molar-refractivity contribution in [3.05, 3.63) is 0 Å². The minimum Gasteiger partial charge on any atom is -0.379 e. The van der Waals surface area contributed by atoms with E-state index >= 15 is 0 Å². The molecule has 0 aromatic heterocycles. The standard InChI is InChI=1S/C14H27NO2/c1-2-9-15-12-14(7-4-3-5-8-14)17-13-6-10-16-11-13/h13,15H,2-12H2,1H3. The summed E-state index contributed by atoms with van der Waals surface area (Å²) in [7, 11) is 0. The van der Waals surface area contributed by atoms with Crippen LogP contribution in [0.25, 0.3) is 0 Å². The lowest BCUT2D eigenvalue weighted by Crippen LogP contribution is -2.47. The summed E-state index contributed by atoms with van der Waals surface area (Å²) >= 11 is 0. The van der Waals surface area contributed by atoms with E-state index in [-0.39, 0.29) is 5.60 Å². The van der Waals surface area contributed by atoms with Gasteiger partial charge in [0.15, 0.2) is 0 Å². The Kier molecular flexibility index (Phi) is 5.26. The fourth-order valence-electron chi connectivity index (χ4n) is 2.98. The van der Waals surface area contributed by atoms with Gasteiger partial charge < -0.3 is 14.8 Å². The summed E-state index contributed by atoms with van der Waals surface area (Å²) in [5.41, 5.74) is 0.103. The summed E-state index contributed by atoms with van der Waals surface area (Å²) < 4.78 is 11.8. The topological polar surface area (TPSA) is 30.5 Å². The molecule has 2 rings (SSSR count). The Bertz CT molecular complexity index is 208. The minimum atomic E-state index is 0.103. The van der Waals surface area contributed by atoms with Crippen molar-refractivity contribution in [1.82, 2.24) is 5.32 Å². The van der Waals surface area contributed by atoms with Gasteiger partial charge in [-0.15, -0.1) is 0 Å². The first kappa shape index (κ1) is 13.3. The van der Waals surface area contributed by atoms with Gasteiger partial charge in [-0.25, -0.2) is 0 Å². The first-order valence-corrected chi connectivity index (χ1v) is 7.31. The fraction of sp³-hybridized carbons (Fsp3) is 1.00. The zero-order chi connectivity index (χ0) is 12.0. The van der Waals surface area contributed by atoms with Crippen LogP contribution >= 0.6 is 0 Å². The minimum absolute atomic E-state index is 0.103. The second-order valence-corrected chi connectivity index (χ2v) is 5.52. The Balaban J connectivity index is 1.85. The first-order valence-electron chi connectivity index (χ1n) is 7.31. The molecule has 3 heteroatoms. The zero-order valence-electron chi connectivity index (χ0n) is 11.2. The molecule has 1 aliphatic carbocycles. The number of hydrogen-bond acceptors (Lipinski definition) is 3. The van der Waals surface area contributed by atoms with Crippen LogP contribution in [-0.4, -0.2) is 38.0 Å². The van der Waals surface area contributed by atoms with Gasteiger partial charge in [-0.05, 0) is 32.2 Å². The number of rotatable bonds is 6. The van der Waals surface area contributed by atoms with Gasteiger partial charge in [0.05, 0.1) is 18.3 Å². The highest BCUT2D eigenvalue weighted by Crippen LogP contribution is 2.33. The molecule has 0 amide bonds. The molecule has 100 valence electrons. The van der Waals surface area contributed by atoms with Crippen LogP contribution in [0.3, 0.4) is 0 Å².